The first-order valence-corrected chi connectivity index (χ1v) is 9.00. The van der Waals surface area contributed by atoms with E-state index in [-0.39, 0.29) is 0 Å². The van der Waals surface area contributed by atoms with Gasteiger partial charge in [0.1, 0.15) is 0 Å². The minimum absolute atomic E-state index is 0.536. The fourth-order valence-electron chi connectivity index (χ4n) is 3.44. The van der Waals surface area contributed by atoms with Gasteiger partial charge in [-0.15, -0.1) is 0 Å². The predicted octanol–water partition coefficient (Wildman–Crippen LogP) is 1.74. The van der Waals surface area contributed by atoms with Crippen molar-refractivity contribution in [3.05, 3.63) is 30.2 Å². The van der Waals surface area contributed by atoms with Crippen LogP contribution >= 0.6 is 0 Å². The van der Waals surface area contributed by atoms with E-state index in [1.165, 1.54) is 25.7 Å². The Morgan fingerprint density at radius 3 is 3.04 bits per heavy atom. The van der Waals surface area contributed by atoms with Crippen molar-refractivity contribution < 1.29 is 4.52 Å². The molecule has 4 rings (SSSR count). The predicted molar refractivity (Wildman–Crippen MR) is 89.4 cm³/mol. The Hall–Kier alpha value is -1.73. The van der Waals surface area contributed by atoms with Crippen LogP contribution in [-0.4, -0.2) is 62.4 Å². The first-order chi connectivity index (χ1) is 11.8. The number of aromatic nitrogens is 4. The van der Waals surface area contributed by atoms with Gasteiger partial charge in [-0.1, -0.05) is 5.16 Å². The van der Waals surface area contributed by atoms with E-state index in [9.17, 15) is 0 Å². The Morgan fingerprint density at radius 2 is 2.25 bits per heavy atom. The average molecular weight is 330 g/mol. The SMILES string of the molecule is CN(CCn1cccn1)[C@@H]1CCCN(Cc2noc(C3CC3)n2)C1. The highest BCUT2D eigenvalue weighted by atomic mass is 16.5. The monoisotopic (exact) mass is 330 g/mol. The molecule has 1 saturated heterocycles. The third-order valence-corrected chi connectivity index (χ3v) is 5.12. The molecule has 0 unspecified atom stereocenters. The van der Waals surface area contributed by atoms with Crippen molar-refractivity contribution in [1.29, 1.82) is 0 Å². The minimum Gasteiger partial charge on any atom is -0.339 e. The molecule has 0 radical (unpaired) electrons. The van der Waals surface area contributed by atoms with Gasteiger partial charge in [0, 0.05) is 37.4 Å². The summed E-state index contributed by atoms with van der Waals surface area (Å²) in [5.41, 5.74) is 0. The van der Waals surface area contributed by atoms with E-state index in [0.717, 1.165) is 44.4 Å². The number of piperidine rings is 1. The molecule has 7 nitrogen and oxygen atoms in total. The number of likely N-dealkylation sites (tertiary alicyclic amines) is 1. The van der Waals surface area contributed by atoms with Crippen LogP contribution in [0.1, 0.15) is 43.3 Å². The van der Waals surface area contributed by atoms with Crippen LogP contribution in [0.4, 0.5) is 0 Å². The molecule has 130 valence electrons. The van der Waals surface area contributed by atoms with Crippen molar-refractivity contribution in [3.8, 4) is 0 Å². The van der Waals surface area contributed by atoms with Gasteiger partial charge in [0.25, 0.3) is 0 Å². The zero-order chi connectivity index (χ0) is 16.4. The van der Waals surface area contributed by atoms with Gasteiger partial charge in [0.15, 0.2) is 5.82 Å². The van der Waals surface area contributed by atoms with Crippen LogP contribution < -0.4 is 0 Å². The molecule has 3 heterocycles. The summed E-state index contributed by atoms with van der Waals surface area (Å²) in [5.74, 6) is 2.22. The third-order valence-electron chi connectivity index (χ3n) is 5.12. The van der Waals surface area contributed by atoms with E-state index in [1.54, 1.807) is 0 Å². The summed E-state index contributed by atoms with van der Waals surface area (Å²) in [6.07, 6.45) is 8.75. The van der Waals surface area contributed by atoms with E-state index >= 15 is 0 Å². The van der Waals surface area contributed by atoms with Gasteiger partial charge in [-0.25, -0.2) is 0 Å². The molecule has 2 fully saturated rings. The van der Waals surface area contributed by atoms with Crippen molar-refractivity contribution in [2.75, 3.05) is 26.7 Å². The van der Waals surface area contributed by atoms with E-state index < -0.39 is 0 Å². The lowest BCUT2D eigenvalue weighted by Gasteiger charge is -2.37. The summed E-state index contributed by atoms with van der Waals surface area (Å²) >= 11 is 0. The second-order valence-electron chi connectivity index (χ2n) is 7.10. The highest BCUT2D eigenvalue weighted by molar-refractivity contribution is 5.01. The highest BCUT2D eigenvalue weighted by Crippen LogP contribution is 2.38. The van der Waals surface area contributed by atoms with Crippen LogP contribution in [0.3, 0.4) is 0 Å². The highest BCUT2D eigenvalue weighted by Gasteiger charge is 2.30. The average Bonchev–Trinajstić information content (AvgIpc) is 3.12. The summed E-state index contributed by atoms with van der Waals surface area (Å²) in [4.78, 5) is 9.48. The molecule has 1 aliphatic carbocycles. The van der Waals surface area contributed by atoms with Crippen LogP contribution in [0.2, 0.25) is 0 Å². The summed E-state index contributed by atoms with van der Waals surface area (Å²) < 4.78 is 7.37. The number of likely N-dealkylation sites (N-methyl/N-ethyl adjacent to an activating group) is 1. The van der Waals surface area contributed by atoms with Gasteiger partial charge in [0.05, 0.1) is 13.1 Å². The van der Waals surface area contributed by atoms with Gasteiger partial charge < -0.3 is 9.42 Å². The molecule has 0 bridgehead atoms. The number of hydrogen-bond donors (Lipinski definition) is 0. The van der Waals surface area contributed by atoms with Gasteiger partial charge in [0.2, 0.25) is 5.89 Å². The molecule has 1 aliphatic heterocycles. The lowest BCUT2D eigenvalue weighted by molar-refractivity contribution is 0.106. The summed E-state index contributed by atoms with van der Waals surface area (Å²) in [6, 6.07) is 2.56. The smallest absolute Gasteiger partial charge is 0.229 e. The number of hydrogen-bond acceptors (Lipinski definition) is 6. The molecular formula is C17H26N6O. The summed E-state index contributed by atoms with van der Waals surface area (Å²) in [7, 11) is 2.22. The Balaban J connectivity index is 1.27. The molecule has 0 N–H and O–H groups in total. The quantitative estimate of drug-likeness (QED) is 0.770. The van der Waals surface area contributed by atoms with E-state index in [2.05, 4.69) is 32.1 Å². The first kappa shape index (κ1) is 15.8. The van der Waals surface area contributed by atoms with Crippen LogP contribution in [0, 0.1) is 0 Å². The lowest BCUT2D eigenvalue weighted by Crippen LogP contribution is -2.47. The number of nitrogens with zero attached hydrogens (tertiary/aromatic N) is 6. The van der Waals surface area contributed by atoms with E-state index in [0.29, 0.717) is 12.0 Å². The van der Waals surface area contributed by atoms with E-state index in [1.807, 2.05) is 23.1 Å². The van der Waals surface area contributed by atoms with Gasteiger partial charge >= 0.3 is 0 Å². The van der Waals surface area contributed by atoms with Crippen LogP contribution in [0.15, 0.2) is 23.0 Å². The Bertz CT molecular complexity index is 635. The minimum atomic E-state index is 0.536. The Labute approximate surface area is 142 Å². The van der Waals surface area contributed by atoms with Crippen molar-refractivity contribution in [3.63, 3.8) is 0 Å². The van der Waals surface area contributed by atoms with Crippen molar-refractivity contribution in [2.24, 2.45) is 0 Å². The molecule has 0 spiro atoms. The Morgan fingerprint density at radius 1 is 1.33 bits per heavy atom. The van der Waals surface area contributed by atoms with Crippen molar-refractivity contribution in [2.45, 2.75) is 50.7 Å². The third kappa shape index (κ3) is 3.84. The molecule has 7 heteroatoms. The maximum absolute atomic E-state index is 5.38. The van der Waals surface area contributed by atoms with Crippen LogP contribution in [0.25, 0.3) is 0 Å². The topological polar surface area (TPSA) is 63.2 Å². The van der Waals surface area contributed by atoms with E-state index in [4.69, 9.17) is 4.52 Å². The second-order valence-corrected chi connectivity index (χ2v) is 7.10. The maximum atomic E-state index is 5.38. The zero-order valence-electron chi connectivity index (χ0n) is 14.3. The largest absolute Gasteiger partial charge is 0.339 e. The van der Waals surface area contributed by atoms with Crippen LogP contribution in [-0.2, 0) is 13.1 Å². The summed E-state index contributed by atoms with van der Waals surface area (Å²) in [5, 5.41) is 8.44. The Kier molecular flexibility index (Phi) is 4.62. The zero-order valence-corrected chi connectivity index (χ0v) is 14.3. The molecule has 0 aromatic carbocycles. The lowest BCUT2D eigenvalue weighted by atomic mass is 10.0. The van der Waals surface area contributed by atoms with Crippen molar-refractivity contribution >= 4 is 0 Å². The number of rotatable bonds is 7. The van der Waals surface area contributed by atoms with Crippen LogP contribution in [0.5, 0.6) is 0 Å². The molecule has 2 aliphatic rings. The molecule has 2 aromatic heterocycles. The fourth-order valence-corrected chi connectivity index (χ4v) is 3.44. The summed E-state index contributed by atoms with van der Waals surface area (Å²) in [6.45, 7) is 4.96. The molecule has 1 saturated carbocycles. The normalized spacial score (nSPS) is 22.3. The fraction of sp³-hybridized carbons (Fsp3) is 0.706. The standard InChI is InChI=1S/C17H26N6O/c1-21(10-11-23-9-3-7-18-23)15-4-2-8-22(12-15)13-16-19-17(24-20-16)14-5-6-14/h3,7,9,14-15H,2,4-6,8,10-13H2,1H3/t15-/m1/s1. The molecule has 2 aromatic rings. The molecule has 24 heavy (non-hydrogen) atoms. The maximum Gasteiger partial charge on any atom is 0.229 e. The van der Waals surface area contributed by atoms with Crippen molar-refractivity contribution in [1.82, 2.24) is 29.7 Å². The molecule has 1 atom stereocenters. The molecule has 0 amide bonds. The van der Waals surface area contributed by atoms with Gasteiger partial charge in [-0.05, 0) is 45.3 Å². The first-order valence-electron chi connectivity index (χ1n) is 9.00. The van der Waals surface area contributed by atoms with Gasteiger partial charge in [-0.3, -0.25) is 9.58 Å². The second kappa shape index (κ2) is 7.03. The van der Waals surface area contributed by atoms with Gasteiger partial charge in [-0.2, -0.15) is 10.1 Å². The molecular weight excluding hydrogens is 304 g/mol.